The third kappa shape index (κ3) is 3.68. The van der Waals surface area contributed by atoms with Crippen LogP contribution in [0.5, 0.6) is 0 Å². The van der Waals surface area contributed by atoms with Gasteiger partial charge in [0.05, 0.1) is 16.4 Å². The summed E-state index contributed by atoms with van der Waals surface area (Å²) in [7, 11) is 0. The van der Waals surface area contributed by atoms with Crippen LogP contribution in [0.25, 0.3) is 0 Å². The van der Waals surface area contributed by atoms with Gasteiger partial charge in [-0.3, -0.25) is 9.69 Å². The summed E-state index contributed by atoms with van der Waals surface area (Å²) in [6.45, 7) is 2.50. The summed E-state index contributed by atoms with van der Waals surface area (Å²) in [5, 5.41) is 0. The van der Waals surface area contributed by atoms with E-state index < -0.39 is 0 Å². The minimum Gasteiger partial charge on any atom is -0.296 e. The maximum atomic E-state index is 12.1. The van der Waals surface area contributed by atoms with Gasteiger partial charge in [0.2, 0.25) is 0 Å². The summed E-state index contributed by atoms with van der Waals surface area (Å²) in [6.07, 6.45) is 4.92. The molecular formula is C12H15Cl2NOS. The minimum absolute atomic E-state index is 0.0834. The number of thiophene rings is 1. The van der Waals surface area contributed by atoms with Crippen LogP contribution in [0.3, 0.4) is 0 Å². The Kier molecular flexibility index (Phi) is 4.86. The molecule has 0 saturated carbocycles. The molecule has 1 aromatic heterocycles. The molecule has 1 aliphatic heterocycles. The molecule has 0 bridgehead atoms. The van der Waals surface area contributed by atoms with Crippen molar-refractivity contribution in [2.24, 2.45) is 0 Å². The normalized spacial score (nSPS) is 18.0. The number of halogens is 2. The predicted octanol–water partition coefficient (Wildman–Crippen LogP) is 4.11. The van der Waals surface area contributed by atoms with E-state index in [0.717, 1.165) is 13.1 Å². The zero-order valence-corrected chi connectivity index (χ0v) is 11.9. The molecule has 0 aliphatic carbocycles. The number of carbonyl (C=O) groups excluding carboxylic acids is 1. The van der Waals surface area contributed by atoms with Crippen LogP contribution in [-0.4, -0.2) is 30.3 Å². The van der Waals surface area contributed by atoms with Crippen molar-refractivity contribution in [2.45, 2.75) is 25.7 Å². The molecule has 1 fully saturated rings. The first-order valence-electron chi connectivity index (χ1n) is 5.87. The number of hydrogen-bond acceptors (Lipinski definition) is 3. The Morgan fingerprint density at radius 2 is 1.88 bits per heavy atom. The Labute approximate surface area is 116 Å². The van der Waals surface area contributed by atoms with Gasteiger partial charge in [-0.25, -0.2) is 0 Å². The zero-order chi connectivity index (χ0) is 12.3. The van der Waals surface area contributed by atoms with Gasteiger partial charge in [-0.05, 0) is 32.0 Å². The van der Waals surface area contributed by atoms with Crippen molar-refractivity contribution in [3.05, 3.63) is 20.3 Å². The van der Waals surface area contributed by atoms with Gasteiger partial charge in [0.25, 0.3) is 0 Å². The summed E-state index contributed by atoms with van der Waals surface area (Å²) in [4.78, 5) is 14.3. The quantitative estimate of drug-likeness (QED) is 0.781. The van der Waals surface area contributed by atoms with E-state index in [1.165, 1.54) is 37.0 Å². The van der Waals surface area contributed by atoms with E-state index in [0.29, 0.717) is 20.8 Å². The van der Waals surface area contributed by atoms with E-state index in [2.05, 4.69) is 4.90 Å². The fourth-order valence-corrected chi connectivity index (χ4v) is 3.61. The Morgan fingerprint density at radius 1 is 1.24 bits per heavy atom. The summed E-state index contributed by atoms with van der Waals surface area (Å²) >= 11 is 13.1. The Morgan fingerprint density at radius 3 is 2.41 bits per heavy atom. The molecule has 2 rings (SSSR count). The van der Waals surface area contributed by atoms with Crippen LogP contribution in [0.2, 0.25) is 8.67 Å². The smallest absolute Gasteiger partial charge is 0.179 e. The van der Waals surface area contributed by atoms with Crippen molar-refractivity contribution in [3.8, 4) is 0 Å². The van der Waals surface area contributed by atoms with E-state index in [1.807, 2.05) is 0 Å². The largest absolute Gasteiger partial charge is 0.296 e. The lowest BCUT2D eigenvalue weighted by Crippen LogP contribution is -2.30. The molecule has 1 aromatic rings. The van der Waals surface area contributed by atoms with Gasteiger partial charge < -0.3 is 0 Å². The van der Waals surface area contributed by atoms with E-state index in [-0.39, 0.29) is 5.78 Å². The van der Waals surface area contributed by atoms with Gasteiger partial charge in [-0.15, -0.1) is 11.3 Å². The highest BCUT2D eigenvalue weighted by molar-refractivity contribution is 7.20. The van der Waals surface area contributed by atoms with Crippen molar-refractivity contribution in [2.75, 3.05) is 19.6 Å². The summed E-state index contributed by atoms with van der Waals surface area (Å²) in [6, 6.07) is 1.68. The van der Waals surface area contributed by atoms with Crippen LogP contribution in [0.1, 0.15) is 36.0 Å². The fraction of sp³-hybridized carbons (Fsp3) is 0.583. The topological polar surface area (TPSA) is 20.3 Å². The number of ketones is 1. The van der Waals surface area contributed by atoms with Crippen LogP contribution in [0.4, 0.5) is 0 Å². The van der Waals surface area contributed by atoms with Gasteiger partial charge in [-0.2, -0.15) is 0 Å². The van der Waals surface area contributed by atoms with Gasteiger partial charge >= 0.3 is 0 Å². The van der Waals surface area contributed by atoms with Gasteiger partial charge in [0, 0.05) is 0 Å². The van der Waals surface area contributed by atoms with Gasteiger partial charge in [-0.1, -0.05) is 36.0 Å². The van der Waals surface area contributed by atoms with Crippen LogP contribution in [0.15, 0.2) is 6.07 Å². The monoisotopic (exact) mass is 291 g/mol. The second-order valence-corrected chi connectivity index (χ2v) is 6.64. The first-order valence-corrected chi connectivity index (χ1v) is 7.44. The molecule has 0 aromatic carbocycles. The first-order chi connectivity index (χ1) is 8.16. The number of likely N-dealkylation sites (tertiary alicyclic amines) is 1. The molecule has 0 radical (unpaired) electrons. The van der Waals surface area contributed by atoms with Gasteiger partial charge in [0.15, 0.2) is 5.78 Å². The Hall–Kier alpha value is -0.0900. The number of hydrogen-bond donors (Lipinski definition) is 0. The Bertz CT molecular complexity index is 397. The molecule has 17 heavy (non-hydrogen) atoms. The average molecular weight is 292 g/mol. The van der Waals surface area contributed by atoms with Crippen LogP contribution < -0.4 is 0 Å². The predicted molar refractivity (Wildman–Crippen MR) is 73.6 cm³/mol. The molecule has 0 amide bonds. The standard InChI is InChI=1S/C12H15Cl2NOS/c13-11-7-9(12(14)17-11)10(16)8-15-5-3-1-2-4-6-15/h7H,1-6,8H2. The van der Waals surface area contributed by atoms with Crippen LogP contribution in [0, 0.1) is 0 Å². The van der Waals surface area contributed by atoms with Gasteiger partial charge in [0.1, 0.15) is 4.34 Å². The summed E-state index contributed by atoms with van der Waals surface area (Å²) in [5.74, 6) is 0.0834. The summed E-state index contributed by atoms with van der Waals surface area (Å²) in [5.41, 5.74) is 0.575. The SMILES string of the molecule is O=C(CN1CCCCCC1)c1cc(Cl)sc1Cl. The van der Waals surface area contributed by atoms with Crippen molar-refractivity contribution in [1.82, 2.24) is 4.90 Å². The Balaban J connectivity index is 1.98. The molecule has 1 aliphatic rings. The molecule has 94 valence electrons. The van der Waals surface area contributed by atoms with Crippen LogP contribution >= 0.6 is 34.5 Å². The van der Waals surface area contributed by atoms with Crippen molar-refractivity contribution >= 4 is 40.3 Å². The minimum atomic E-state index is 0.0834. The number of carbonyl (C=O) groups is 1. The lowest BCUT2D eigenvalue weighted by molar-refractivity contribution is 0.0933. The average Bonchev–Trinajstić information content (AvgIpc) is 2.51. The third-order valence-electron chi connectivity index (χ3n) is 3.02. The van der Waals surface area contributed by atoms with E-state index in [1.54, 1.807) is 6.07 Å². The molecule has 2 nitrogen and oxygen atoms in total. The molecule has 0 spiro atoms. The molecule has 2 heterocycles. The molecule has 0 unspecified atom stereocenters. The lowest BCUT2D eigenvalue weighted by atomic mass is 10.2. The highest BCUT2D eigenvalue weighted by Crippen LogP contribution is 2.31. The maximum Gasteiger partial charge on any atom is 0.179 e. The molecule has 5 heteroatoms. The lowest BCUT2D eigenvalue weighted by Gasteiger charge is -2.18. The van der Waals surface area contributed by atoms with E-state index in [4.69, 9.17) is 23.2 Å². The number of nitrogens with zero attached hydrogens (tertiary/aromatic N) is 1. The summed E-state index contributed by atoms with van der Waals surface area (Å²) < 4.78 is 1.09. The van der Waals surface area contributed by atoms with Crippen molar-refractivity contribution in [3.63, 3.8) is 0 Å². The second-order valence-electron chi connectivity index (χ2n) is 4.35. The zero-order valence-electron chi connectivity index (χ0n) is 9.55. The first kappa shape index (κ1) is 13.3. The highest BCUT2D eigenvalue weighted by Gasteiger charge is 2.18. The van der Waals surface area contributed by atoms with Crippen molar-refractivity contribution < 1.29 is 4.79 Å². The molecule has 0 atom stereocenters. The molecular weight excluding hydrogens is 277 g/mol. The van der Waals surface area contributed by atoms with Crippen LogP contribution in [-0.2, 0) is 0 Å². The van der Waals surface area contributed by atoms with Crippen molar-refractivity contribution in [1.29, 1.82) is 0 Å². The molecule has 1 saturated heterocycles. The number of rotatable bonds is 3. The highest BCUT2D eigenvalue weighted by atomic mass is 35.5. The third-order valence-corrected chi connectivity index (χ3v) is 4.51. The maximum absolute atomic E-state index is 12.1. The van der Waals surface area contributed by atoms with E-state index >= 15 is 0 Å². The van der Waals surface area contributed by atoms with E-state index in [9.17, 15) is 4.79 Å². The number of Topliss-reactive ketones (excluding diaryl/α,β-unsaturated/α-hetero) is 1. The molecule has 0 N–H and O–H groups in total. The second kappa shape index (κ2) is 6.19. The fourth-order valence-electron chi connectivity index (χ4n) is 2.11.